The van der Waals surface area contributed by atoms with Gasteiger partial charge in [0, 0.05) is 43.5 Å². The fraction of sp³-hybridized carbons (Fsp3) is 0.235. The highest BCUT2D eigenvalue weighted by atomic mass is 32.2. The molecule has 5 N–H and O–H groups in total. The van der Waals surface area contributed by atoms with Gasteiger partial charge in [0.1, 0.15) is 5.82 Å². The Bertz CT molecular complexity index is 1770. The van der Waals surface area contributed by atoms with Crippen LogP contribution < -0.4 is 26.6 Å². The van der Waals surface area contributed by atoms with Gasteiger partial charge in [-0.05, 0) is 78.5 Å². The second kappa shape index (κ2) is 14.4. The number of nitrogens with one attached hydrogen (secondary N) is 3. The summed E-state index contributed by atoms with van der Waals surface area (Å²) in [6.07, 6.45) is 5.24. The van der Waals surface area contributed by atoms with E-state index >= 15 is 0 Å². The van der Waals surface area contributed by atoms with Crippen LogP contribution in [-0.4, -0.2) is 51.6 Å². The minimum atomic E-state index is -0.402. The molecule has 2 aromatic carbocycles. The van der Waals surface area contributed by atoms with Gasteiger partial charge in [0.05, 0.1) is 16.3 Å². The Balaban J connectivity index is 1.03. The van der Waals surface area contributed by atoms with Gasteiger partial charge in [-0.2, -0.15) is 0 Å². The number of hydrogen-bond donors (Lipinski definition) is 4. The quantitative estimate of drug-likeness (QED) is 0.185. The van der Waals surface area contributed by atoms with E-state index in [1.165, 1.54) is 0 Å². The van der Waals surface area contributed by atoms with E-state index in [0.29, 0.717) is 46.9 Å². The molecular weight excluding hydrogens is 600 g/mol. The first-order valence-electron chi connectivity index (χ1n) is 15.1. The van der Waals surface area contributed by atoms with Crippen LogP contribution in [-0.2, 0) is 17.9 Å². The number of carbonyl (C=O) groups excluding carboxylic acids is 3. The van der Waals surface area contributed by atoms with Crippen LogP contribution in [0.3, 0.4) is 0 Å². The topological polar surface area (TPSA) is 155 Å². The maximum absolute atomic E-state index is 12.9. The van der Waals surface area contributed by atoms with E-state index in [1.807, 2.05) is 54.6 Å². The molecule has 4 aromatic rings. The molecule has 0 spiro atoms. The van der Waals surface area contributed by atoms with Crippen molar-refractivity contribution in [1.29, 1.82) is 0 Å². The number of anilines is 2. The largest absolute Gasteiger partial charge is 0.384 e. The van der Waals surface area contributed by atoms with Crippen LogP contribution in [0.1, 0.15) is 40.0 Å². The predicted octanol–water partition coefficient (Wildman–Crippen LogP) is 4.38. The van der Waals surface area contributed by atoms with Crippen molar-refractivity contribution in [3.63, 3.8) is 0 Å². The number of nitrogens with two attached hydrogens (primary N) is 1. The monoisotopic (exact) mass is 634 g/mol. The van der Waals surface area contributed by atoms with Crippen molar-refractivity contribution in [2.24, 2.45) is 5.92 Å². The summed E-state index contributed by atoms with van der Waals surface area (Å²) in [7, 11) is 0. The number of pyridine rings is 1. The summed E-state index contributed by atoms with van der Waals surface area (Å²) >= 11 is 0.873. The Morgan fingerprint density at radius 2 is 1.83 bits per heavy atom. The molecule has 0 unspecified atom stereocenters. The van der Waals surface area contributed by atoms with E-state index in [4.69, 9.17) is 5.73 Å². The predicted molar refractivity (Wildman–Crippen MR) is 179 cm³/mol. The molecule has 3 amide bonds. The zero-order valence-electron chi connectivity index (χ0n) is 25.1. The van der Waals surface area contributed by atoms with Gasteiger partial charge in [-0.3, -0.25) is 19.7 Å². The molecule has 6 rings (SSSR count). The van der Waals surface area contributed by atoms with Crippen molar-refractivity contribution >= 4 is 46.7 Å². The number of rotatable bonds is 10. The van der Waals surface area contributed by atoms with Crippen molar-refractivity contribution in [3.05, 3.63) is 106 Å². The third kappa shape index (κ3) is 7.76. The summed E-state index contributed by atoms with van der Waals surface area (Å²) < 4.78 is 0. The van der Waals surface area contributed by atoms with Crippen LogP contribution >= 0.6 is 11.8 Å². The molecule has 0 saturated carbocycles. The summed E-state index contributed by atoms with van der Waals surface area (Å²) in [5, 5.41) is 8.47. The van der Waals surface area contributed by atoms with Crippen molar-refractivity contribution in [2.45, 2.75) is 25.9 Å². The van der Waals surface area contributed by atoms with E-state index in [9.17, 15) is 14.4 Å². The van der Waals surface area contributed by atoms with Gasteiger partial charge in [0.25, 0.3) is 17.1 Å². The van der Waals surface area contributed by atoms with Crippen molar-refractivity contribution in [1.82, 2.24) is 30.9 Å². The summed E-state index contributed by atoms with van der Waals surface area (Å²) in [5.74, 6) is 0.968. The van der Waals surface area contributed by atoms with E-state index in [2.05, 4.69) is 35.8 Å². The molecule has 234 valence electrons. The number of hydrogen-bond acceptors (Lipinski definition) is 10. The maximum Gasteiger partial charge on any atom is 0.290 e. The number of amides is 3. The molecule has 0 aliphatic carbocycles. The van der Waals surface area contributed by atoms with E-state index in [0.717, 1.165) is 66.6 Å². The second-order valence-electron chi connectivity index (χ2n) is 11.2. The molecule has 46 heavy (non-hydrogen) atoms. The highest BCUT2D eigenvalue weighted by Crippen LogP contribution is 2.27. The Morgan fingerprint density at radius 3 is 2.61 bits per heavy atom. The van der Waals surface area contributed by atoms with Crippen LogP contribution in [0.25, 0.3) is 17.3 Å². The Hall–Kier alpha value is -5.07. The van der Waals surface area contributed by atoms with Crippen LogP contribution in [0.2, 0.25) is 0 Å². The SMILES string of the molecule is Nc1ccc(CNCC2CCN(c3nccc(C=C4SC(=O)NC4=O)n3)CC2)c(-c2cccc(C(=O)NCc3ccccc3)c2)n1. The molecule has 0 bridgehead atoms. The number of aromatic nitrogens is 3. The molecule has 2 aromatic heterocycles. The number of nitrogens with zero attached hydrogens (tertiary/aromatic N) is 4. The number of piperidine rings is 1. The average Bonchev–Trinajstić information content (AvgIpc) is 3.40. The number of thioether (sulfide) groups is 1. The summed E-state index contributed by atoms with van der Waals surface area (Å²) in [5.41, 5.74) is 10.9. The first-order valence-corrected chi connectivity index (χ1v) is 15.9. The first kappa shape index (κ1) is 30.9. The third-order valence-electron chi connectivity index (χ3n) is 7.93. The fourth-order valence-electron chi connectivity index (χ4n) is 5.48. The summed E-state index contributed by atoms with van der Waals surface area (Å²) in [6.45, 7) is 3.53. The zero-order valence-corrected chi connectivity index (χ0v) is 25.9. The highest BCUT2D eigenvalue weighted by molar-refractivity contribution is 8.18. The van der Waals surface area contributed by atoms with E-state index in [1.54, 1.807) is 30.5 Å². The van der Waals surface area contributed by atoms with Gasteiger partial charge >= 0.3 is 0 Å². The molecule has 11 nitrogen and oxygen atoms in total. The fourth-order valence-corrected chi connectivity index (χ4v) is 6.15. The van der Waals surface area contributed by atoms with Crippen LogP contribution in [0.5, 0.6) is 0 Å². The lowest BCUT2D eigenvalue weighted by molar-refractivity contribution is -0.115. The molecule has 2 aliphatic heterocycles. The summed E-state index contributed by atoms with van der Waals surface area (Å²) in [6, 6.07) is 22.8. The number of benzene rings is 2. The lowest BCUT2D eigenvalue weighted by Crippen LogP contribution is -2.38. The lowest BCUT2D eigenvalue weighted by Gasteiger charge is -2.32. The Kier molecular flexibility index (Phi) is 9.65. The van der Waals surface area contributed by atoms with Crippen molar-refractivity contribution < 1.29 is 14.4 Å². The standard InChI is InChI=1S/C34H34N8O3S/c35-29-10-9-26(30(40-29)24-7-4-8-25(17-24)31(43)38-20-22-5-2-1-3-6-22)21-36-19-23-12-15-42(16-13-23)33-37-14-11-27(39-33)18-28-32(44)41-34(45)46-28/h1-11,14,17-18,23,36H,12-13,15-16,19-21H2,(H2,35,40)(H,38,43)(H,41,44,45). The highest BCUT2D eigenvalue weighted by Gasteiger charge is 2.26. The lowest BCUT2D eigenvalue weighted by atomic mass is 9.96. The molecule has 2 fully saturated rings. The molecule has 0 atom stereocenters. The van der Waals surface area contributed by atoms with Gasteiger partial charge in [-0.1, -0.05) is 48.5 Å². The van der Waals surface area contributed by atoms with Crippen LogP contribution in [0, 0.1) is 5.92 Å². The second-order valence-corrected chi connectivity index (χ2v) is 12.2. The molecule has 4 heterocycles. The normalized spacial score (nSPS) is 16.1. The average molecular weight is 635 g/mol. The van der Waals surface area contributed by atoms with Gasteiger partial charge in [-0.15, -0.1) is 0 Å². The van der Waals surface area contributed by atoms with Crippen molar-refractivity contribution in [2.75, 3.05) is 30.3 Å². The smallest absolute Gasteiger partial charge is 0.290 e. The van der Waals surface area contributed by atoms with Crippen molar-refractivity contribution in [3.8, 4) is 11.3 Å². The number of carbonyl (C=O) groups is 3. The Morgan fingerprint density at radius 1 is 1.00 bits per heavy atom. The third-order valence-corrected chi connectivity index (χ3v) is 8.74. The van der Waals surface area contributed by atoms with Gasteiger partial charge in [0.15, 0.2) is 0 Å². The molecular formula is C34H34N8O3S. The molecule has 0 radical (unpaired) electrons. The Labute approximate surface area is 271 Å². The van der Waals surface area contributed by atoms with Gasteiger partial charge in [-0.25, -0.2) is 15.0 Å². The zero-order chi connectivity index (χ0) is 31.9. The molecule has 2 saturated heterocycles. The van der Waals surface area contributed by atoms with Gasteiger partial charge < -0.3 is 21.3 Å². The van der Waals surface area contributed by atoms with E-state index < -0.39 is 5.91 Å². The maximum atomic E-state index is 12.9. The van der Waals surface area contributed by atoms with Gasteiger partial charge in [0.2, 0.25) is 5.95 Å². The van der Waals surface area contributed by atoms with Crippen LogP contribution in [0.15, 0.2) is 83.9 Å². The minimum Gasteiger partial charge on any atom is -0.384 e. The van der Waals surface area contributed by atoms with Crippen LogP contribution in [0.4, 0.5) is 16.6 Å². The minimum absolute atomic E-state index is 0.147. The molecule has 12 heteroatoms. The molecule has 2 aliphatic rings. The first-order chi connectivity index (χ1) is 22.4. The number of nitrogen functional groups attached to an aromatic ring is 1. The summed E-state index contributed by atoms with van der Waals surface area (Å²) in [4.78, 5) is 52.4. The number of imide groups is 1. The van der Waals surface area contributed by atoms with E-state index in [-0.39, 0.29) is 11.1 Å².